The van der Waals surface area contributed by atoms with Crippen molar-refractivity contribution in [1.29, 1.82) is 0 Å². The van der Waals surface area contributed by atoms with Crippen molar-refractivity contribution in [3.05, 3.63) is 48.4 Å². The number of benzene rings is 1. The van der Waals surface area contributed by atoms with Gasteiger partial charge in [0.25, 0.3) is 0 Å². The van der Waals surface area contributed by atoms with Gasteiger partial charge in [-0.05, 0) is 64.5 Å². The molecule has 8 nitrogen and oxygen atoms in total. The fraction of sp³-hybridized carbons (Fsp3) is 0.464. The van der Waals surface area contributed by atoms with Crippen molar-refractivity contribution in [3.63, 3.8) is 0 Å². The predicted molar refractivity (Wildman–Crippen MR) is 144 cm³/mol. The Labute approximate surface area is 212 Å². The number of ether oxygens (including phenoxy) is 2. The second-order valence-electron chi connectivity index (χ2n) is 9.95. The lowest BCUT2D eigenvalue weighted by molar-refractivity contribution is -0.00573. The minimum absolute atomic E-state index is 0.157. The summed E-state index contributed by atoms with van der Waals surface area (Å²) >= 11 is 0. The third-order valence-electron chi connectivity index (χ3n) is 6.62. The first-order valence-corrected chi connectivity index (χ1v) is 12.9. The Balaban J connectivity index is 1.50. The van der Waals surface area contributed by atoms with Crippen molar-refractivity contribution in [2.45, 2.75) is 45.8 Å². The van der Waals surface area contributed by atoms with Crippen molar-refractivity contribution in [1.82, 2.24) is 24.3 Å². The van der Waals surface area contributed by atoms with E-state index in [-0.39, 0.29) is 12.2 Å². The Morgan fingerprint density at radius 3 is 2.47 bits per heavy atom. The summed E-state index contributed by atoms with van der Waals surface area (Å²) < 4.78 is 14.1. The van der Waals surface area contributed by atoms with E-state index in [0.717, 1.165) is 71.8 Å². The maximum absolute atomic E-state index is 5.99. The number of fused-ring (bicyclic) bond motifs is 3. The Bertz CT molecular complexity index is 1320. The molecule has 1 fully saturated rings. The number of imidazole rings is 1. The SMILES string of the molecule is CCc1nc(N2C[C@@H](C)O[C@@H](C)C2)n2c1cnc1ccc(-c3ccc(OCCCN(C)C)nc3)cc12. The zero-order valence-electron chi connectivity index (χ0n) is 21.9. The van der Waals surface area contributed by atoms with Crippen LogP contribution in [0.4, 0.5) is 5.95 Å². The lowest BCUT2D eigenvalue weighted by atomic mass is 10.1. The summed E-state index contributed by atoms with van der Waals surface area (Å²) in [7, 11) is 4.13. The Morgan fingerprint density at radius 2 is 1.78 bits per heavy atom. The van der Waals surface area contributed by atoms with Gasteiger partial charge in [-0.1, -0.05) is 13.0 Å². The summed E-state index contributed by atoms with van der Waals surface area (Å²) in [4.78, 5) is 18.9. The molecule has 4 aromatic rings. The summed E-state index contributed by atoms with van der Waals surface area (Å²) in [6.07, 6.45) is 5.97. The third kappa shape index (κ3) is 5.01. The van der Waals surface area contributed by atoms with Crippen LogP contribution in [0, 0.1) is 0 Å². The lowest BCUT2D eigenvalue weighted by Crippen LogP contribution is -2.46. The molecule has 36 heavy (non-hydrogen) atoms. The predicted octanol–water partition coefficient (Wildman–Crippen LogP) is 4.45. The molecule has 0 unspecified atom stereocenters. The highest BCUT2D eigenvalue weighted by Crippen LogP contribution is 2.30. The van der Waals surface area contributed by atoms with Gasteiger partial charge >= 0.3 is 0 Å². The first-order chi connectivity index (χ1) is 17.4. The van der Waals surface area contributed by atoms with E-state index in [2.05, 4.69) is 78.3 Å². The molecule has 0 aliphatic carbocycles. The molecule has 1 saturated heterocycles. The van der Waals surface area contributed by atoms with Gasteiger partial charge in [-0.2, -0.15) is 0 Å². The average molecular weight is 489 g/mol. The van der Waals surface area contributed by atoms with E-state index in [4.69, 9.17) is 19.4 Å². The van der Waals surface area contributed by atoms with Crippen molar-refractivity contribution in [3.8, 4) is 17.0 Å². The minimum atomic E-state index is 0.157. The zero-order chi connectivity index (χ0) is 25.2. The average Bonchev–Trinajstić information content (AvgIpc) is 3.25. The van der Waals surface area contributed by atoms with Gasteiger partial charge in [0.2, 0.25) is 11.8 Å². The number of nitrogens with zero attached hydrogens (tertiary/aromatic N) is 6. The highest BCUT2D eigenvalue weighted by Gasteiger charge is 2.27. The van der Waals surface area contributed by atoms with E-state index in [1.165, 1.54) is 0 Å². The third-order valence-corrected chi connectivity index (χ3v) is 6.62. The first-order valence-electron chi connectivity index (χ1n) is 12.9. The van der Waals surface area contributed by atoms with Gasteiger partial charge in [0.15, 0.2) is 0 Å². The van der Waals surface area contributed by atoms with Crippen LogP contribution >= 0.6 is 0 Å². The van der Waals surface area contributed by atoms with Crippen molar-refractivity contribution in [2.24, 2.45) is 0 Å². The van der Waals surface area contributed by atoms with E-state index in [0.29, 0.717) is 12.5 Å². The molecule has 8 heteroatoms. The molecule has 5 rings (SSSR count). The van der Waals surface area contributed by atoms with Gasteiger partial charge in [0.05, 0.1) is 47.3 Å². The van der Waals surface area contributed by atoms with E-state index in [9.17, 15) is 0 Å². The first kappa shape index (κ1) is 24.5. The number of hydrogen-bond donors (Lipinski definition) is 0. The standard InChI is InChI=1S/C28H36N6O2/c1-6-23-26-16-29-24-10-8-21(22-9-11-27(30-15-22)35-13-7-12-32(4)5)14-25(24)34(26)28(31-23)33-17-19(2)36-20(3)18-33/h8-11,14-16,19-20H,6-7,12-13,17-18H2,1-5H3/t19-,20+. The van der Waals surface area contributed by atoms with Crippen LogP contribution in [0.25, 0.3) is 27.7 Å². The molecule has 190 valence electrons. The topological polar surface area (TPSA) is 68.0 Å². The summed E-state index contributed by atoms with van der Waals surface area (Å²) in [5.74, 6) is 1.62. The second-order valence-corrected chi connectivity index (χ2v) is 9.95. The van der Waals surface area contributed by atoms with Crippen LogP contribution in [0.1, 0.15) is 32.9 Å². The van der Waals surface area contributed by atoms with Crippen LogP contribution in [-0.4, -0.2) is 76.8 Å². The molecule has 0 amide bonds. The number of hydrogen-bond acceptors (Lipinski definition) is 7. The Hall–Kier alpha value is -3.23. The van der Waals surface area contributed by atoms with Crippen LogP contribution in [0.3, 0.4) is 0 Å². The molecular weight excluding hydrogens is 452 g/mol. The molecule has 0 radical (unpaired) electrons. The van der Waals surface area contributed by atoms with Crippen LogP contribution in [0.5, 0.6) is 5.88 Å². The number of aryl methyl sites for hydroxylation is 1. The fourth-order valence-corrected chi connectivity index (χ4v) is 4.96. The quantitative estimate of drug-likeness (QED) is 0.340. The molecular formula is C28H36N6O2. The van der Waals surface area contributed by atoms with E-state index in [1.807, 2.05) is 18.5 Å². The Kier molecular flexibility index (Phi) is 7.07. The van der Waals surface area contributed by atoms with Crippen molar-refractivity contribution in [2.75, 3.05) is 45.2 Å². The van der Waals surface area contributed by atoms with E-state index < -0.39 is 0 Å². The van der Waals surface area contributed by atoms with Gasteiger partial charge in [-0.15, -0.1) is 0 Å². The minimum Gasteiger partial charge on any atom is -0.478 e. The lowest BCUT2D eigenvalue weighted by Gasteiger charge is -2.35. The number of pyridine rings is 1. The maximum atomic E-state index is 5.99. The molecule has 3 aromatic heterocycles. The number of anilines is 1. The molecule has 1 aliphatic rings. The van der Waals surface area contributed by atoms with Crippen LogP contribution < -0.4 is 9.64 Å². The van der Waals surface area contributed by atoms with Gasteiger partial charge in [-0.25, -0.2) is 9.97 Å². The number of rotatable bonds is 8. The largest absolute Gasteiger partial charge is 0.478 e. The molecule has 0 bridgehead atoms. The molecule has 4 heterocycles. The number of morpholine rings is 1. The summed E-state index contributed by atoms with van der Waals surface area (Å²) in [6.45, 7) is 9.68. The van der Waals surface area contributed by atoms with Crippen LogP contribution in [0.2, 0.25) is 0 Å². The fourth-order valence-electron chi connectivity index (χ4n) is 4.96. The highest BCUT2D eigenvalue weighted by molar-refractivity contribution is 5.85. The van der Waals surface area contributed by atoms with Crippen molar-refractivity contribution < 1.29 is 9.47 Å². The summed E-state index contributed by atoms with van der Waals surface area (Å²) in [6, 6.07) is 10.4. The monoisotopic (exact) mass is 488 g/mol. The number of aromatic nitrogens is 4. The van der Waals surface area contributed by atoms with Gasteiger partial charge in [-0.3, -0.25) is 9.38 Å². The normalized spacial score (nSPS) is 18.4. The molecule has 1 aliphatic heterocycles. The summed E-state index contributed by atoms with van der Waals surface area (Å²) in [5.41, 5.74) is 6.24. The maximum Gasteiger partial charge on any atom is 0.213 e. The van der Waals surface area contributed by atoms with Gasteiger partial charge in [0.1, 0.15) is 0 Å². The smallest absolute Gasteiger partial charge is 0.213 e. The molecule has 0 N–H and O–H groups in total. The molecule has 0 saturated carbocycles. The second kappa shape index (κ2) is 10.4. The van der Waals surface area contributed by atoms with Crippen LogP contribution in [-0.2, 0) is 11.2 Å². The van der Waals surface area contributed by atoms with Gasteiger partial charge in [0, 0.05) is 37.5 Å². The van der Waals surface area contributed by atoms with E-state index >= 15 is 0 Å². The van der Waals surface area contributed by atoms with Crippen LogP contribution in [0.15, 0.2) is 42.7 Å². The molecule has 1 aromatic carbocycles. The molecule has 0 spiro atoms. The Morgan fingerprint density at radius 1 is 1.00 bits per heavy atom. The van der Waals surface area contributed by atoms with Gasteiger partial charge < -0.3 is 19.3 Å². The highest BCUT2D eigenvalue weighted by atomic mass is 16.5. The zero-order valence-corrected chi connectivity index (χ0v) is 21.9. The van der Waals surface area contributed by atoms with E-state index in [1.54, 1.807) is 0 Å². The summed E-state index contributed by atoms with van der Waals surface area (Å²) in [5, 5.41) is 0. The van der Waals surface area contributed by atoms with Crippen molar-refractivity contribution >= 4 is 22.5 Å². The molecule has 2 atom stereocenters.